The van der Waals surface area contributed by atoms with Gasteiger partial charge < -0.3 is 10.1 Å². The zero-order valence-electron chi connectivity index (χ0n) is 18.7. The van der Waals surface area contributed by atoms with E-state index in [1.54, 1.807) is 12.1 Å². The molecule has 2 aliphatic heterocycles. The van der Waals surface area contributed by atoms with Gasteiger partial charge in [-0.15, -0.1) is 0 Å². The molecule has 182 valence electrons. The molecule has 1 aromatic carbocycles. The van der Waals surface area contributed by atoms with Crippen LogP contribution in [-0.4, -0.2) is 85.2 Å². The molecule has 2 atom stereocenters. The summed E-state index contributed by atoms with van der Waals surface area (Å²) < 4.78 is 31.8. The van der Waals surface area contributed by atoms with Gasteiger partial charge in [-0.3, -0.25) is 19.4 Å². The SMILES string of the molecule is N#CC1(N(C(=O)[C@@H]2C[C@@H](S(=O)(=O)c3ccccc3Cl)CN2)C(=O)C2(N3CCOCC3)CC2)CC1. The molecule has 0 aromatic heterocycles. The Bertz CT molecular complexity index is 1150. The van der Waals surface area contributed by atoms with Crippen molar-refractivity contribution in [1.29, 1.82) is 5.26 Å². The molecule has 34 heavy (non-hydrogen) atoms. The van der Waals surface area contributed by atoms with Crippen LogP contribution in [0.5, 0.6) is 0 Å². The van der Waals surface area contributed by atoms with Gasteiger partial charge in [0.25, 0.3) is 5.91 Å². The molecule has 0 radical (unpaired) electrons. The average Bonchev–Trinajstić information content (AvgIpc) is 3.76. The minimum absolute atomic E-state index is 0.0161. The number of rotatable bonds is 6. The summed E-state index contributed by atoms with van der Waals surface area (Å²) in [5.74, 6) is -0.849. The zero-order valence-corrected chi connectivity index (χ0v) is 20.3. The van der Waals surface area contributed by atoms with Crippen molar-refractivity contribution in [3.8, 4) is 6.07 Å². The van der Waals surface area contributed by atoms with Crippen LogP contribution in [0.3, 0.4) is 0 Å². The van der Waals surface area contributed by atoms with E-state index in [4.69, 9.17) is 16.3 Å². The maximum absolute atomic E-state index is 13.8. The van der Waals surface area contributed by atoms with Crippen LogP contribution in [0, 0.1) is 11.3 Å². The number of nitrogens with zero attached hydrogens (tertiary/aromatic N) is 3. The van der Waals surface area contributed by atoms with Gasteiger partial charge in [-0.1, -0.05) is 23.7 Å². The topological polar surface area (TPSA) is 120 Å². The fraction of sp³-hybridized carbons (Fsp3) is 0.609. The first-order chi connectivity index (χ1) is 16.2. The molecular formula is C23H27ClN4O5S. The number of imide groups is 1. The van der Waals surface area contributed by atoms with Crippen LogP contribution in [0.15, 0.2) is 29.2 Å². The van der Waals surface area contributed by atoms with Crippen LogP contribution in [0.25, 0.3) is 0 Å². The molecule has 1 aromatic rings. The number of morpholine rings is 1. The molecule has 2 heterocycles. The second-order valence-corrected chi connectivity index (χ2v) is 12.2. The lowest BCUT2D eigenvalue weighted by molar-refractivity contribution is -0.154. The summed E-state index contributed by atoms with van der Waals surface area (Å²) in [6.07, 6.45) is 2.17. The van der Waals surface area contributed by atoms with Crippen molar-refractivity contribution in [2.45, 2.75) is 59.4 Å². The van der Waals surface area contributed by atoms with Gasteiger partial charge in [0.2, 0.25) is 5.91 Å². The first-order valence-electron chi connectivity index (χ1n) is 11.6. The third-order valence-corrected chi connectivity index (χ3v) is 10.1. The Morgan fingerprint density at radius 3 is 2.44 bits per heavy atom. The number of carbonyl (C=O) groups is 2. The van der Waals surface area contributed by atoms with E-state index in [1.807, 2.05) is 0 Å². The number of nitriles is 1. The second-order valence-electron chi connectivity index (χ2n) is 9.55. The van der Waals surface area contributed by atoms with Crippen LogP contribution in [0.1, 0.15) is 32.1 Å². The molecule has 4 aliphatic rings. The fourth-order valence-electron chi connectivity index (χ4n) is 5.13. The third-order valence-electron chi connectivity index (χ3n) is 7.49. The summed E-state index contributed by atoms with van der Waals surface area (Å²) >= 11 is 6.13. The summed E-state index contributed by atoms with van der Waals surface area (Å²) in [4.78, 5) is 30.8. The van der Waals surface area contributed by atoms with Gasteiger partial charge in [-0.05, 0) is 44.2 Å². The van der Waals surface area contributed by atoms with Gasteiger partial charge in [0.15, 0.2) is 9.84 Å². The highest BCUT2D eigenvalue weighted by atomic mass is 35.5. The van der Waals surface area contributed by atoms with Crippen molar-refractivity contribution in [2.75, 3.05) is 32.8 Å². The van der Waals surface area contributed by atoms with Crippen LogP contribution in [0.4, 0.5) is 0 Å². The van der Waals surface area contributed by atoms with E-state index in [9.17, 15) is 23.3 Å². The monoisotopic (exact) mass is 506 g/mol. The lowest BCUT2D eigenvalue weighted by Crippen LogP contribution is -2.60. The summed E-state index contributed by atoms with van der Waals surface area (Å²) in [5.41, 5.74) is -1.91. The first-order valence-corrected chi connectivity index (χ1v) is 13.5. The first kappa shape index (κ1) is 23.7. The average molecular weight is 507 g/mol. The highest BCUT2D eigenvalue weighted by Gasteiger charge is 2.64. The molecule has 1 N–H and O–H groups in total. The zero-order chi connectivity index (χ0) is 24.1. The predicted octanol–water partition coefficient (Wildman–Crippen LogP) is 1.12. The molecule has 0 bridgehead atoms. The Balaban J connectivity index is 1.38. The van der Waals surface area contributed by atoms with Gasteiger partial charge >= 0.3 is 0 Å². The van der Waals surface area contributed by atoms with Gasteiger partial charge in [0.1, 0.15) is 11.1 Å². The number of benzene rings is 1. The highest BCUT2D eigenvalue weighted by molar-refractivity contribution is 7.92. The van der Waals surface area contributed by atoms with Gasteiger partial charge in [-0.25, -0.2) is 8.42 Å². The normalized spacial score (nSPS) is 27.5. The van der Waals surface area contributed by atoms with E-state index in [-0.39, 0.29) is 28.8 Å². The van der Waals surface area contributed by atoms with Gasteiger partial charge in [0.05, 0.1) is 40.5 Å². The molecule has 4 fully saturated rings. The van der Waals surface area contributed by atoms with Crippen molar-refractivity contribution >= 4 is 33.3 Å². The molecule has 5 rings (SSSR count). The van der Waals surface area contributed by atoms with Gasteiger partial charge in [0, 0.05) is 19.6 Å². The van der Waals surface area contributed by atoms with Crippen molar-refractivity contribution < 1.29 is 22.7 Å². The van der Waals surface area contributed by atoms with Crippen LogP contribution in [0.2, 0.25) is 5.02 Å². The van der Waals surface area contributed by atoms with Crippen LogP contribution >= 0.6 is 11.6 Å². The molecular weight excluding hydrogens is 480 g/mol. The van der Waals surface area contributed by atoms with E-state index >= 15 is 0 Å². The second kappa shape index (κ2) is 8.57. The molecule has 2 saturated heterocycles. The molecule has 0 unspecified atom stereocenters. The van der Waals surface area contributed by atoms with Crippen LogP contribution in [-0.2, 0) is 24.2 Å². The van der Waals surface area contributed by atoms with E-state index in [1.165, 1.54) is 12.1 Å². The number of hydrogen-bond donors (Lipinski definition) is 1. The molecule has 11 heteroatoms. The van der Waals surface area contributed by atoms with Crippen molar-refractivity contribution in [1.82, 2.24) is 15.1 Å². The number of sulfone groups is 1. The summed E-state index contributed by atoms with van der Waals surface area (Å²) in [7, 11) is -3.78. The third kappa shape index (κ3) is 3.84. The molecule has 2 saturated carbocycles. The van der Waals surface area contributed by atoms with Gasteiger partial charge in [-0.2, -0.15) is 5.26 Å². The lowest BCUT2D eigenvalue weighted by atomic mass is 10.1. The minimum Gasteiger partial charge on any atom is -0.379 e. The highest BCUT2D eigenvalue weighted by Crippen LogP contribution is 2.49. The minimum atomic E-state index is -3.78. The Morgan fingerprint density at radius 1 is 1.18 bits per heavy atom. The van der Waals surface area contributed by atoms with E-state index in [0.29, 0.717) is 52.0 Å². The number of nitrogens with one attached hydrogen (secondary N) is 1. The van der Waals surface area contributed by atoms with Crippen LogP contribution < -0.4 is 5.32 Å². The van der Waals surface area contributed by atoms with Crippen molar-refractivity contribution in [2.24, 2.45) is 0 Å². The quantitative estimate of drug-likeness (QED) is 0.570. The fourth-order valence-corrected chi connectivity index (χ4v) is 7.32. The number of carbonyl (C=O) groups excluding carboxylic acids is 2. The summed E-state index contributed by atoms with van der Waals surface area (Å²) in [6, 6.07) is 7.56. The summed E-state index contributed by atoms with van der Waals surface area (Å²) in [6.45, 7) is 2.33. The number of hydrogen-bond acceptors (Lipinski definition) is 8. The standard InChI is InChI=1S/C23H27ClN4O5S/c24-17-3-1-2-4-19(17)34(31,32)16-13-18(26-14-16)20(29)28(22(15-25)5-6-22)21(30)23(7-8-23)27-9-11-33-12-10-27/h1-4,16,18,26H,5-14H2/t16-,18+/m1/s1. The molecule has 2 aliphatic carbocycles. The Hall–Kier alpha value is -2.03. The Labute approximate surface area is 203 Å². The Kier molecular flexibility index (Phi) is 5.97. The predicted molar refractivity (Wildman–Crippen MR) is 123 cm³/mol. The van der Waals surface area contributed by atoms with E-state index < -0.39 is 38.1 Å². The van der Waals surface area contributed by atoms with E-state index in [2.05, 4.69) is 16.3 Å². The van der Waals surface area contributed by atoms with Crippen molar-refractivity contribution in [3.05, 3.63) is 29.3 Å². The number of ether oxygens (including phenoxy) is 1. The van der Waals surface area contributed by atoms with E-state index in [0.717, 1.165) is 4.90 Å². The summed E-state index contributed by atoms with van der Waals surface area (Å²) in [5, 5.41) is 12.1. The lowest BCUT2D eigenvalue weighted by Gasteiger charge is -2.38. The maximum Gasteiger partial charge on any atom is 0.251 e. The Morgan fingerprint density at radius 2 is 1.85 bits per heavy atom. The largest absolute Gasteiger partial charge is 0.379 e. The number of amides is 2. The molecule has 9 nitrogen and oxygen atoms in total. The smallest absolute Gasteiger partial charge is 0.251 e. The molecule has 2 amide bonds. The molecule has 0 spiro atoms. The maximum atomic E-state index is 13.8. The van der Waals surface area contributed by atoms with Crippen molar-refractivity contribution in [3.63, 3.8) is 0 Å². The number of halogens is 1.